The van der Waals surface area contributed by atoms with Gasteiger partial charge in [0.25, 0.3) is 0 Å². The molecular weight excluding hydrogens is 268 g/mol. The minimum Gasteiger partial charge on any atom is -0.342 e. The lowest BCUT2D eigenvalue weighted by Gasteiger charge is -2.44. The van der Waals surface area contributed by atoms with Gasteiger partial charge in [0.05, 0.1) is 0 Å². The summed E-state index contributed by atoms with van der Waals surface area (Å²) in [7, 11) is 0. The van der Waals surface area contributed by atoms with Crippen molar-refractivity contribution < 1.29 is 9.59 Å². The van der Waals surface area contributed by atoms with Gasteiger partial charge in [-0.15, -0.1) is 0 Å². The molecule has 0 spiro atoms. The zero-order valence-electron chi connectivity index (χ0n) is 13.2. The predicted octanol–water partition coefficient (Wildman–Crippen LogP) is 1.10. The number of carbonyl (C=O) groups is 2. The van der Waals surface area contributed by atoms with E-state index >= 15 is 0 Å². The Morgan fingerprint density at radius 2 is 2.05 bits per heavy atom. The summed E-state index contributed by atoms with van der Waals surface area (Å²) in [5.41, 5.74) is -0.810. The molecular formula is C15H24N4O2. The van der Waals surface area contributed by atoms with Crippen LogP contribution in [0.5, 0.6) is 0 Å². The molecule has 116 valence electrons. The van der Waals surface area contributed by atoms with E-state index in [1.54, 1.807) is 24.9 Å². The van der Waals surface area contributed by atoms with Crippen LogP contribution in [0.15, 0.2) is 12.4 Å². The fraction of sp³-hybridized carbons (Fsp3) is 0.667. The topological polar surface area (TPSA) is 67.2 Å². The molecule has 0 radical (unpaired) electrons. The molecule has 1 atom stereocenters. The zero-order chi connectivity index (χ0) is 15.6. The van der Waals surface area contributed by atoms with Gasteiger partial charge in [0.2, 0.25) is 11.8 Å². The second-order valence-electron chi connectivity index (χ2n) is 6.03. The molecule has 0 saturated carbocycles. The number of aryl methyl sites for hydroxylation is 1. The van der Waals surface area contributed by atoms with E-state index < -0.39 is 5.54 Å². The first-order valence-corrected chi connectivity index (χ1v) is 7.48. The van der Waals surface area contributed by atoms with Crippen molar-refractivity contribution >= 4 is 11.8 Å². The van der Waals surface area contributed by atoms with E-state index in [1.165, 1.54) is 0 Å². The molecule has 6 nitrogen and oxygen atoms in total. The largest absolute Gasteiger partial charge is 0.342 e. The minimum atomic E-state index is -0.810. The number of nitrogens with zero attached hydrogens (tertiary/aromatic N) is 3. The summed E-state index contributed by atoms with van der Waals surface area (Å²) in [5.74, 6) is 0.842. The van der Waals surface area contributed by atoms with Crippen LogP contribution in [0.3, 0.4) is 0 Å². The van der Waals surface area contributed by atoms with Crippen molar-refractivity contribution in [1.29, 1.82) is 0 Å². The van der Waals surface area contributed by atoms with Gasteiger partial charge in [-0.3, -0.25) is 9.59 Å². The van der Waals surface area contributed by atoms with Crippen LogP contribution >= 0.6 is 0 Å². The molecule has 1 fully saturated rings. The summed E-state index contributed by atoms with van der Waals surface area (Å²) in [5, 5.41) is 2.84. The molecule has 21 heavy (non-hydrogen) atoms. The van der Waals surface area contributed by atoms with Gasteiger partial charge < -0.3 is 14.8 Å². The van der Waals surface area contributed by atoms with Crippen LogP contribution in [0.25, 0.3) is 0 Å². The van der Waals surface area contributed by atoms with Crippen LogP contribution in [0.1, 0.15) is 39.4 Å². The number of amides is 2. The van der Waals surface area contributed by atoms with Gasteiger partial charge in [0, 0.05) is 25.5 Å². The fourth-order valence-corrected chi connectivity index (χ4v) is 2.70. The SMILES string of the molecule is CCCC1NC(=O)C(C)(C)N(CCn2ccnc2C)C1=O. The molecule has 0 aliphatic carbocycles. The molecule has 1 saturated heterocycles. The molecule has 2 heterocycles. The Hall–Kier alpha value is -1.85. The average molecular weight is 292 g/mol. The molecule has 2 amide bonds. The number of rotatable bonds is 5. The van der Waals surface area contributed by atoms with Crippen molar-refractivity contribution in [2.24, 2.45) is 0 Å². The highest BCUT2D eigenvalue weighted by molar-refractivity contribution is 5.99. The first kappa shape index (κ1) is 15.5. The van der Waals surface area contributed by atoms with E-state index in [9.17, 15) is 9.59 Å². The highest BCUT2D eigenvalue weighted by Gasteiger charge is 2.45. The highest BCUT2D eigenvalue weighted by Crippen LogP contribution is 2.22. The third-order valence-electron chi connectivity index (χ3n) is 4.17. The summed E-state index contributed by atoms with van der Waals surface area (Å²) in [6.07, 6.45) is 5.18. The lowest BCUT2D eigenvalue weighted by molar-refractivity contribution is -0.155. The smallest absolute Gasteiger partial charge is 0.246 e. The van der Waals surface area contributed by atoms with Crippen LogP contribution in [-0.2, 0) is 16.1 Å². The number of carbonyl (C=O) groups excluding carboxylic acids is 2. The van der Waals surface area contributed by atoms with E-state index in [0.29, 0.717) is 19.5 Å². The quantitative estimate of drug-likeness (QED) is 0.883. The predicted molar refractivity (Wildman–Crippen MR) is 79.6 cm³/mol. The van der Waals surface area contributed by atoms with Crippen molar-refractivity contribution in [3.05, 3.63) is 18.2 Å². The molecule has 1 aliphatic heterocycles. The lowest BCUT2D eigenvalue weighted by atomic mass is 9.94. The average Bonchev–Trinajstić information content (AvgIpc) is 2.82. The monoisotopic (exact) mass is 292 g/mol. The molecule has 2 rings (SSSR count). The van der Waals surface area contributed by atoms with Crippen LogP contribution in [-0.4, -0.2) is 44.4 Å². The van der Waals surface area contributed by atoms with Gasteiger partial charge in [-0.1, -0.05) is 13.3 Å². The Kier molecular flexibility index (Phi) is 4.34. The van der Waals surface area contributed by atoms with Crippen molar-refractivity contribution in [2.45, 2.75) is 58.7 Å². The van der Waals surface area contributed by atoms with Crippen LogP contribution < -0.4 is 5.32 Å². The van der Waals surface area contributed by atoms with Gasteiger partial charge in [0.1, 0.15) is 17.4 Å². The first-order chi connectivity index (χ1) is 9.87. The van der Waals surface area contributed by atoms with Crippen molar-refractivity contribution in [1.82, 2.24) is 19.8 Å². The van der Waals surface area contributed by atoms with Crippen LogP contribution in [0, 0.1) is 6.92 Å². The van der Waals surface area contributed by atoms with Gasteiger partial charge >= 0.3 is 0 Å². The van der Waals surface area contributed by atoms with Gasteiger partial charge in [0.15, 0.2) is 0 Å². The number of hydrogen-bond acceptors (Lipinski definition) is 3. The van der Waals surface area contributed by atoms with Crippen molar-refractivity contribution in [3.8, 4) is 0 Å². The zero-order valence-corrected chi connectivity index (χ0v) is 13.2. The summed E-state index contributed by atoms with van der Waals surface area (Å²) in [6.45, 7) is 8.68. The molecule has 1 aromatic rings. The summed E-state index contributed by atoms with van der Waals surface area (Å²) >= 11 is 0. The van der Waals surface area contributed by atoms with E-state index in [0.717, 1.165) is 12.2 Å². The maximum atomic E-state index is 12.6. The molecule has 1 unspecified atom stereocenters. The van der Waals surface area contributed by atoms with Crippen molar-refractivity contribution in [3.63, 3.8) is 0 Å². The minimum absolute atomic E-state index is 0.0132. The summed E-state index contributed by atoms with van der Waals surface area (Å²) < 4.78 is 1.99. The van der Waals surface area contributed by atoms with E-state index in [1.807, 2.05) is 24.6 Å². The second-order valence-corrected chi connectivity index (χ2v) is 6.03. The van der Waals surface area contributed by atoms with E-state index in [-0.39, 0.29) is 17.9 Å². The molecule has 0 bridgehead atoms. The fourth-order valence-electron chi connectivity index (χ4n) is 2.70. The second kappa shape index (κ2) is 5.87. The molecule has 1 N–H and O–H groups in total. The Morgan fingerprint density at radius 3 is 2.62 bits per heavy atom. The number of nitrogens with one attached hydrogen (secondary N) is 1. The highest BCUT2D eigenvalue weighted by atomic mass is 16.2. The Bertz CT molecular complexity index is 536. The number of piperazine rings is 1. The Morgan fingerprint density at radius 1 is 1.33 bits per heavy atom. The van der Waals surface area contributed by atoms with Crippen LogP contribution in [0.2, 0.25) is 0 Å². The lowest BCUT2D eigenvalue weighted by Crippen LogP contribution is -2.68. The standard InChI is InChI=1S/C15H24N4O2/c1-5-6-12-13(20)19(15(3,4)14(21)17-12)10-9-18-8-7-16-11(18)2/h7-8,12H,5-6,9-10H2,1-4H3,(H,17,21). The number of imidazole rings is 1. The van der Waals surface area contributed by atoms with Crippen molar-refractivity contribution in [2.75, 3.05) is 6.54 Å². The summed E-state index contributed by atoms with van der Waals surface area (Å²) in [6, 6.07) is -0.389. The number of hydrogen-bond donors (Lipinski definition) is 1. The third kappa shape index (κ3) is 2.94. The first-order valence-electron chi connectivity index (χ1n) is 7.48. The molecule has 0 aromatic carbocycles. The normalized spacial score (nSPS) is 21.5. The van der Waals surface area contributed by atoms with Gasteiger partial charge in [-0.25, -0.2) is 4.98 Å². The van der Waals surface area contributed by atoms with Gasteiger partial charge in [-0.2, -0.15) is 0 Å². The van der Waals surface area contributed by atoms with Crippen LogP contribution in [0.4, 0.5) is 0 Å². The Balaban J connectivity index is 2.14. The molecule has 1 aliphatic rings. The third-order valence-corrected chi connectivity index (χ3v) is 4.17. The Labute approximate surface area is 125 Å². The molecule has 6 heteroatoms. The number of aromatic nitrogens is 2. The van der Waals surface area contributed by atoms with E-state index in [2.05, 4.69) is 10.3 Å². The maximum absolute atomic E-state index is 12.6. The summed E-state index contributed by atoms with van der Waals surface area (Å²) in [4.78, 5) is 30.7. The van der Waals surface area contributed by atoms with E-state index in [4.69, 9.17) is 0 Å². The van der Waals surface area contributed by atoms with Gasteiger partial charge in [-0.05, 0) is 27.2 Å². The molecule has 1 aromatic heterocycles. The maximum Gasteiger partial charge on any atom is 0.246 e.